The number of aryl methyl sites for hydroxylation is 1. The molecule has 0 spiro atoms. The highest BCUT2D eigenvalue weighted by Gasteiger charge is 2.15. The number of anilines is 1. The number of hydrogen-bond acceptors (Lipinski definition) is 2. The standard InChI is InChI=1S/C16H22N2/c1-9(2)12-7-6-8-13-15(17)14(10(3)4)11(5)18-16(12)13/h6-10H,1-5H3,(H2,17,18). The molecule has 0 atom stereocenters. The van der Waals surface area contributed by atoms with Crippen LogP contribution in [0.3, 0.4) is 0 Å². The molecule has 0 unspecified atom stereocenters. The molecule has 0 aliphatic heterocycles. The summed E-state index contributed by atoms with van der Waals surface area (Å²) < 4.78 is 0. The number of nitrogens with two attached hydrogens (primary N) is 1. The van der Waals surface area contributed by atoms with Gasteiger partial charge >= 0.3 is 0 Å². The third-order valence-electron chi connectivity index (χ3n) is 3.52. The summed E-state index contributed by atoms with van der Waals surface area (Å²) in [7, 11) is 0. The van der Waals surface area contributed by atoms with E-state index in [1.54, 1.807) is 0 Å². The van der Waals surface area contributed by atoms with Gasteiger partial charge in [0.25, 0.3) is 0 Å². The number of hydrogen-bond donors (Lipinski definition) is 1. The predicted octanol–water partition coefficient (Wildman–Crippen LogP) is 4.37. The molecule has 2 heteroatoms. The molecular formula is C16H22N2. The summed E-state index contributed by atoms with van der Waals surface area (Å²) in [5, 5.41) is 1.09. The van der Waals surface area contributed by atoms with Crippen LogP contribution >= 0.6 is 0 Å². The quantitative estimate of drug-likeness (QED) is 0.849. The highest BCUT2D eigenvalue weighted by atomic mass is 14.7. The average Bonchev–Trinajstić information content (AvgIpc) is 2.27. The van der Waals surface area contributed by atoms with Crippen LogP contribution in [0.4, 0.5) is 5.69 Å². The summed E-state index contributed by atoms with van der Waals surface area (Å²) in [6.45, 7) is 10.8. The second kappa shape index (κ2) is 4.60. The summed E-state index contributed by atoms with van der Waals surface area (Å²) in [5.41, 5.74) is 11.8. The first-order valence-electron chi connectivity index (χ1n) is 6.62. The molecule has 0 aliphatic rings. The zero-order valence-corrected chi connectivity index (χ0v) is 11.9. The second-order valence-electron chi connectivity index (χ2n) is 5.58. The highest BCUT2D eigenvalue weighted by molar-refractivity contribution is 5.94. The lowest BCUT2D eigenvalue weighted by Crippen LogP contribution is -2.05. The zero-order chi connectivity index (χ0) is 13.4. The molecule has 0 saturated heterocycles. The smallest absolute Gasteiger partial charge is 0.0760 e. The molecule has 0 radical (unpaired) electrons. The van der Waals surface area contributed by atoms with Crippen molar-refractivity contribution in [2.24, 2.45) is 0 Å². The maximum Gasteiger partial charge on any atom is 0.0760 e. The van der Waals surface area contributed by atoms with E-state index >= 15 is 0 Å². The van der Waals surface area contributed by atoms with Gasteiger partial charge in [0.05, 0.1) is 5.52 Å². The van der Waals surface area contributed by atoms with Crippen molar-refractivity contribution in [2.45, 2.75) is 46.5 Å². The number of aromatic nitrogens is 1. The van der Waals surface area contributed by atoms with E-state index < -0.39 is 0 Å². The van der Waals surface area contributed by atoms with Crippen LogP contribution in [0.1, 0.15) is 56.4 Å². The van der Waals surface area contributed by atoms with Crippen molar-refractivity contribution in [3.05, 3.63) is 35.0 Å². The van der Waals surface area contributed by atoms with Crippen LogP contribution < -0.4 is 5.73 Å². The molecule has 1 heterocycles. The average molecular weight is 242 g/mol. The molecule has 2 aromatic rings. The fourth-order valence-corrected chi connectivity index (χ4v) is 2.67. The fourth-order valence-electron chi connectivity index (χ4n) is 2.67. The predicted molar refractivity (Wildman–Crippen MR) is 79.1 cm³/mol. The summed E-state index contributed by atoms with van der Waals surface area (Å²) in [6.07, 6.45) is 0. The minimum Gasteiger partial charge on any atom is -0.398 e. The number of para-hydroxylation sites is 1. The monoisotopic (exact) mass is 242 g/mol. The van der Waals surface area contributed by atoms with Crippen LogP contribution in [0.25, 0.3) is 10.9 Å². The van der Waals surface area contributed by atoms with E-state index in [1.165, 1.54) is 11.1 Å². The Hall–Kier alpha value is -1.57. The first-order valence-corrected chi connectivity index (χ1v) is 6.62. The van der Waals surface area contributed by atoms with Gasteiger partial charge in [0.2, 0.25) is 0 Å². The maximum atomic E-state index is 6.35. The Morgan fingerprint density at radius 2 is 1.72 bits per heavy atom. The first kappa shape index (κ1) is 12.9. The van der Waals surface area contributed by atoms with Gasteiger partial charge in [-0.1, -0.05) is 45.9 Å². The zero-order valence-electron chi connectivity index (χ0n) is 11.9. The van der Waals surface area contributed by atoms with Gasteiger partial charge in [0, 0.05) is 16.8 Å². The Bertz CT molecular complexity index is 583. The number of nitrogens with zero attached hydrogens (tertiary/aromatic N) is 1. The van der Waals surface area contributed by atoms with Crippen molar-refractivity contribution >= 4 is 16.6 Å². The van der Waals surface area contributed by atoms with Crippen LogP contribution in [-0.2, 0) is 0 Å². The maximum absolute atomic E-state index is 6.35. The lowest BCUT2D eigenvalue weighted by atomic mass is 9.93. The third kappa shape index (κ3) is 1.96. The molecule has 0 bridgehead atoms. The molecule has 0 amide bonds. The Labute approximate surface area is 109 Å². The number of fused-ring (bicyclic) bond motifs is 1. The van der Waals surface area contributed by atoms with Crippen LogP contribution in [0.2, 0.25) is 0 Å². The van der Waals surface area contributed by atoms with Gasteiger partial charge in [0.15, 0.2) is 0 Å². The minimum atomic E-state index is 0.407. The van der Waals surface area contributed by atoms with Crippen LogP contribution in [0.5, 0.6) is 0 Å². The van der Waals surface area contributed by atoms with E-state index in [0.29, 0.717) is 11.8 Å². The summed E-state index contributed by atoms with van der Waals surface area (Å²) in [5.74, 6) is 0.870. The molecule has 2 N–H and O–H groups in total. The van der Waals surface area contributed by atoms with Gasteiger partial charge in [-0.2, -0.15) is 0 Å². The lowest BCUT2D eigenvalue weighted by molar-refractivity contribution is 0.846. The first-order chi connectivity index (χ1) is 8.43. The van der Waals surface area contributed by atoms with Crippen molar-refractivity contribution in [1.82, 2.24) is 4.98 Å². The SMILES string of the molecule is Cc1nc2c(C(C)C)cccc2c(N)c1C(C)C. The van der Waals surface area contributed by atoms with Crippen molar-refractivity contribution in [2.75, 3.05) is 5.73 Å². The number of rotatable bonds is 2. The molecule has 2 rings (SSSR count). The van der Waals surface area contributed by atoms with E-state index in [9.17, 15) is 0 Å². The molecule has 1 aromatic heterocycles. The molecule has 0 fully saturated rings. The van der Waals surface area contributed by atoms with Gasteiger partial charge in [0.1, 0.15) is 0 Å². The minimum absolute atomic E-state index is 0.407. The Balaban J connectivity index is 2.85. The van der Waals surface area contributed by atoms with Gasteiger partial charge in [-0.25, -0.2) is 0 Å². The van der Waals surface area contributed by atoms with E-state index in [2.05, 4.69) is 52.8 Å². The number of nitrogen functional groups attached to an aromatic ring is 1. The molecule has 0 saturated carbocycles. The third-order valence-corrected chi connectivity index (χ3v) is 3.52. The van der Waals surface area contributed by atoms with E-state index in [-0.39, 0.29) is 0 Å². The van der Waals surface area contributed by atoms with Gasteiger partial charge in [-0.05, 0) is 29.9 Å². The number of pyridine rings is 1. The van der Waals surface area contributed by atoms with Crippen molar-refractivity contribution < 1.29 is 0 Å². The fraction of sp³-hybridized carbons (Fsp3) is 0.438. The Kier molecular flexibility index (Phi) is 3.29. The summed E-state index contributed by atoms with van der Waals surface area (Å²) in [4.78, 5) is 4.80. The van der Waals surface area contributed by atoms with Gasteiger partial charge in [-0.3, -0.25) is 4.98 Å². The van der Waals surface area contributed by atoms with Crippen LogP contribution in [-0.4, -0.2) is 4.98 Å². The van der Waals surface area contributed by atoms with Crippen molar-refractivity contribution in [3.8, 4) is 0 Å². The number of benzene rings is 1. The second-order valence-corrected chi connectivity index (χ2v) is 5.58. The van der Waals surface area contributed by atoms with Gasteiger partial charge < -0.3 is 5.73 Å². The normalized spacial score (nSPS) is 11.7. The molecular weight excluding hydrogens is 220 g/mol. The highest BCUT2D eigenvalue weighted by Crippen LogP contribution is 2.34. The molecule has 2 nitrogen and oxygen atoms in total. The molecule has 18 heavy (non-hydrogen) atoms. The molecule has 0 aliphatic carbocycles. The van der Waals surface area contributed by atoms with E-state index in [1.807, 2.05) is 0 Å². The largest absolute Gasteiger partial charge is 0.398 e. The topological polar surface area (TPSA) is 38.9 Å². The Morgan fingerprint density at radius 1 is 1.06 bits per heavy atom. The van der Waals surface area contributed by atoms with Crippen molar-refractivity contribution in [1.29, 1.82) is 0 Å². The summed E-state index contributed by atoms with van der Waals surface area (Å²) >= 11 is 0. The van der Waals surface area contributed by atoms with E-state index in [0.717, 1.165) is 22.3 Å². The molecule has 1 aromatic carbocycles. The van der Waals surface area contributed by atoms with Crippen molar-refractivity contribution in [3.63, 3.8) is 0 Å². The lowest BCUT2D eigenvalue weighted by Gasteiger charge is -2.17. The summed E-state index contributed by atoms with van der Waals surface area (Å²) in [6, 6.07) is 6.30. The van der Waals surface area contributed by atoms with Crippen LogP contribution in [0, 0.1) is 6.92 Å². The van der Waals surface area contributed by atoms with Gasteiger partial charge in [-0.15, -0.1) is 0 Å². The van der Waals surface area contributed by atoms with E-state index in [4.69, 9.17) is 10.7 Å². The molecule has 96 valence electrons. The Morgan fingerprint density at radius 3 is 2.28 bits per heavy atom. The van der Waals surface area contributed by atoms with Crippen LogP contribution in [0.15, 0.2) is 18.2 Å².